The standard InChI is InChI=1S/C28H28BrFN4O4S/c1-5-37-25-14-21(13-24(29)27(25)38-16-20-7-9-22(30)10-8-20)26(15-33(35)36)39-28-32-31-19(4)34(28)23-11-6-17(2)18(3)12-23/h6-14,26H,5,15-16H2,1-4H3/t26-/m0/s1. The highest BCUT2D eigenvalue weighted by Crippen LogP contribution is 2.43. The molecule has 3 aromatic carbocycles. The molecule has 0 aliphatic heterocycles. The molecule has 8 nitrogen and oxygen atoms in total. The molecule has 1 aromatic heterocycles. The van der Waals surface area contributed by atoms with E-state index < -0.39 is 5.25 Å². The van der Waals surface area contributed by atoms with Crippen molar-refractivity contribution in [2.45, 2.75) is 44.7 Å². The van der Waals surface area contributed by atoms with Crippen LogP contribution < -0.4 is 9.47 Å². The van der Waals surface area contributed by atoms with E-state index in [9.17, 15) is 14.5 Å². The Balaban J connectivity index is 1.67. The molecule has 1 heterocycles. The first kappa shape index (κ1) is 28.6. The zero-order valence-corrected chi connectivity index (χ0v) is 24.4. The first-order valence-corrected chi connectivity index (χ1v) is 13.9. The maximum Gasteiger partial charge on any atom is 0.220 e. The second-order valence-electron chi connectivity index (χ2n) is 8.93. The number of halogens is 2. The van der Waals surface area contributed by atoms with Crippen LogP contribution in [0.3, 0.4) is 0 Å². The van der Waals surface area contributed by atoms with Crippen molar-refractivity contribution in [2.24, 2.45) is 0 Å². The van der Waals surface area contributed by atoms with Gasteiger partial charge in [-0.15, -0.1) is 10.2 Å². The van der Waals surface area contributed by atoms with Crippen molar-refractivity contribution in [1.82, 2.24) is 14.8 Å². The summed E-state index contributed by atoms with van der Waals surface area (Å²) in [5.74, 6) is 1.27. The van der Waals surface area contributed by atoms with Crippen LogP contribution in [0.1, 0.15) is 40.3 Å². The number of thioether (sulfide) groups is 1. The molecule has 4 rings (SSSR count). The number of nitrogens with zero attached hydrogens (tertiary/aromatic N) is 4. The van der Waals surface area contributed by atoms with Gasteiger partial charge < -0.3 is 9.47 Å². The summed E-state index contributed by atoms with van der Waals surface area (Å²) in [6.45, 7) is 8.01. The molecule has 0 saturated carbocycles. The van der Waals surface area contributed by atoms with Crippen LogP contribution in [-0.2, 0) is 6.61 Å². The van der Waals surface area contributed by atoms with E-state index in [1.807, 2.05) is 44.4 Å². The quantitative estimate of drug-likeness (QED) is 0.100. The van der Waals surface area contributed by atoms with Crippen molar-refractivity contribution in [1.29, 1.82) is 0 Å². The third kappa shape index (κ3) is 6.96. The molecule has 0 fully saturated rings. The second kappa shape index (κ2) is 12.6. The topological polar surface area (TPSA) is 92.3 Å². The molecule has 0 radical (unpaired) electrons. The van der Waals surface area contributed by atoms with Crippen molar-refractivity contribution in [3.8, 4) is 17.2 Å². The van der Waals surface area contributed by atoms with Gasteiger partial charge in [0, 0.05) is 10.6 Å². The highest BCUT2D eigenvalue weighted by Gasteiger charge is 2.26. The van der Waals surface area contributed by atoms with Gasteiger partial charge in [0.25, 0.3) is 0 Å². The molecule has 204 valence electrons. The number of ether oxygens (including phenoxy) is 2. The molecule has 0 spiro atoms. The SMILES string of the molecule is CCOc1cc([C@H](C[N+](=O)[O-])Sc2nnc(C)n2-c2ccc(C)c(C)c2)cc(Br)c1OCc1ccc(F)cc1. The van der Waals surface area contributed by atoms with Gasteiger partial charge in [0.1, 0.15) is 23.5 Å². The smallest absolute Gasteiger partial charge is 0.220 e. The molecule has 39 heavy (non-hydrogen) atoms. The largest absolute Gasteiger partial charge is 0.490 e. The highest BCUT2D eigenvalue weighted by molar-refractivity contribution is 9.10. The lowest BCUT2D eigenvalue weighted by atomic mass is 10.1. The van der Waals surface area contributed by atoms with Crippen LogP contribution in [0.25, 0.3) is 5.69 Å². The van der Waals surface area contributed by atoms with E-state index in [0.29, 0.717) is 39.1 Å². The van der Waals surface area contributed by atoms with Gasteiger partial charge in [0.05, 0.1) is 11.1 Å². The van der Waals surface area contributed by atoms with Crippen molar-refractivity contribution < 1.29 is 18.8 Å². The van der Waals surface area contributed by atoms with Gasteiger partial charge >= 0.3 is 0 Å². The summed E-state index contributed by atoms with van der Waals surface area (Å²) in [5, 5.41) is 20.3. The first-order valence-electron chi connectivity index (χ1n) is 12.3. The molecule has 1 atom stereocenters. The summed E-state index contributed by atoms with van der Waals surface area (Å²) >= 11 is 4.84. The summed E-state index contributed by atoms with van der Waals surface area (Å²) in [6, 6.07) is 15.7. The highest BCUT2D eigenvalue weighted by atomic mass is 79.9. The second-order valence-corrected chi connectivity index (χ2v) is 11.0. The number of rotatable bonds is 11. The minimum atomic E-state index is -0.587. The zero-order chi connectivity index (χ0) is 28.1. The van der Waals surface area contributed by atoms with E-state index in [1.54, 1.807) is 24.3 Å². The van der Waals surface area contributed by atoms with Crippen LogP contribution in [0, 0.1) is 36.7 Å². The number of hydrogen-bond donors (Lipinski definition) is 0. The van der Waals surface area contributed by atoms with Crippen LogP contribution in [0.5, 0.6) is 11.5 Å². The van der Waals surface area contributed by atoms with Crippen molar-refractivity contribution in [3.63, 3.8) is 0 Å². The molecule has 0 aliphatic rings. The van der Waals surface area contributed by atoms with E-state index in [1.165, 1.54) is 29.5 Å². The van der Waals surface area contributed by atoms with Crippen molar-refractivity contribution in [3.05, 3.63) is 103 Å². The van der Waals surface area contributed by atoms with Crippen LogP contribution in [-0.4, -0.2) is 32.8 Å². The average molecular weight is 616 g/mol. The molecule has 0 bridgehead atoms. The minimum Gasteiger partial charge on any atom is -0.490 e. The van der Waals surface area contributed by atoms with Gasteiger partial charge in [-0.2, -0.15) is 0 Å². The predicted molar refractivity (Wildman–Crippen MR) is 152 cm³/mol. The van der Waals surface area contributed by atoms with Crippen LogP contribution >= 0.6 is 27.7 Å². The third-order valence-corrected chi connectivity index (χ3v) is 7.88. The van der Waals surface area contributed by atoms with E-state index in [2.05, 4.69) is 32.2 Å². The summed E-state index contributed by atoms with van der Waals surface area (Å²) in [5.41, 5.74) is 4.65. The van der Waals surface area contributed by atoms with Gasteiger partial charge in [-0.1, -0.05) is 30.0 Å². The molecule has 0 aliphatic carbocycles. The van der Waals surface area contributed by atoms with Gasteiger partial charge in [0.15, 0.2) is 16.7 Å². The molecular formula is C28H28BrFN4O4S. The fourth-order valence-corrected chi connectivity index (χ4v) is 5.70. The van der Waals surface area contributed by atoms with E-state index in [4.69, 9.17) is 9.47 Å². The van der Waals surface area contributed by atoms with E-state index >= 15 is 0 Å². The summed E-state index contributed by atoms with van der Waals surface area (Å²) in [4.78, 5) is 11.4. The molecule has 11 heteroatoms. The fraction of sp³-hybridized carbons (Fsp3) is 0.286. The van der Waals surface area contributed by atoms with E-state index in [0.717, 1.165) is 16.8 Å². The summed E-state index contributed by atoms with van der Waals surface area (Å²) in [6.07, 6.45) is 0. The monoisotopic (exact) mass is 614 g/mol. The van der Waals surface area contributed by atoms with Gasteiger partial charge in [-0.05, 0) is 102 Å². The van der Waals surface area contributed by atoms with Crippen LogP contribution in [0.4, 0.5) is 4.39 Å². The Morgan fingerprint density at radius 1 is 1.05 bits per heavy atom. The van der Waals surface area contributed by atoms with Crippen LogP contribution in [0.2, 0.25) is 0 Å². The fourth-order valence-electron chi connectivity index (χ4n) is 3.97. The molecular weight excluding hydrogens is 587 g/mol. The summed E-state index contributed by atoms with van der Waals surface area (Å²) in [7, 11) is 0. The Kier molecular flexibility index (Phi) is 9.24. The maximum atomic E-state index is 13.3. The summed E-state index contributed by atoms with van der Waals surface area (Å²) < 4.78 is 27.7. The molecule has 0 N–H and O–H groups in total. The lowest BCUT2D eigenvalue weighted by molar-refractivity contribution is -0.479. The minimum absolute atomic E-state index is 0.198. The molecule has 0 amide bonds. The van der Waals surface area contributed by atoms with Crippen molar-refractivity contribution in [2.75, 3.05) is 13.2 Å². The Morgan fingerprint density at radius 3 is 2.46 bits per heavy atom. The van der Waals surface area contributed by atoms with Gasteiger partial charge in [0.2, 0.25) is 6.54 Å². The Hall–Kier alpha value is -3.44. The number of benzene rings is 3. The third-order valence-electron chi connectivity index (χ3n) is 6.11. The average Bonchev–Trinajstić information content (AvgIpc) is 3.25. The zero-order valence-electron chi connectivity index (χ0n) is 22.0. The maximum absolute atomic E-state index is 13.3. The predicted octanol–water partition coefficient (Wildman–Crippen LogP) is 7.18. The number of hydrogen-bond acceptors (Lipinski definition) is 7. The number of aryl methyl sites for hydroxylation is 3. The Bertz CT molecular complexity index is 1480. The first-order chi connectivity index (χ1) is 18.7. The van der Waals surface area contributed by atoms with E-state index in [-0.39, 0.29) is 23.9 Å². The number of aromatic nitrogens is 3. The normalized spacial score (nSPS) is 11.8. The lowest BCUT2D eigenvalue weighted by Gasteiger charge is -2.19. The molecule has 0 saturated heterocycles. The van der Waals surface area contributed by atoms with Gasteiger partial charge in [-0.25, -0.2) is 4.39 Å². The Labute approximate surface area is 238 Å². The lowest BCUT2D eigenvalue weighted by Crippen LogP contribution is -2.12. The number of nitro groups is 1. The molecule has 0 unspecified atom stereocenters. The van der Waals surface area contributed by atoms with Gasteiger partial charge in [-0.3, -0.25) is 14.7 Å². The Morgan fingerprint density at radius 2 is 1.79 bits per heavy atom. The molecule has 4 aromatic rings. The van der Waals surface area contributed by atoms with Crippen molar-refractivity contribution >= 4 is 27.7 Å². The van der Waals surface area contributed by atoms with Crippen LogP contribution in [0.15, 0.2) is 64.2 Å².